The lowest BCUT2D eigenvalue weighted by atomic mass is 10.2. The van der Waals surface area contributed by atoms with Gasteiger partial charge in [-0.05, 0) is 18.6 Å². The molecule has 2 N–H and O–H groups in total. The Bertz CT molecular complexity index is 745. The van der Waals surface area contributed by atoms with Crippen LogP contribution in [0.2, 0.25) is 5.02 Å². The largest absolute Gasteiger partial charge is 0.297 e. The van der Waals surface area contributed by atoms with Gasteiger partial charge in [0.25, 0.3) is 15.2 Å². The SMILES string of the molecule is CCCn1c(-c2cccc(Cl)c2F)nnc1S(N)(=O)=O. The summed E-state index contributed by atoms with van der Waals surface area (Å²) in [7, 11) is -4.03. The summed E-state index contributed by atoms with van der Waals surface area (Å²) in [6.07, 6.45) is 0.607. The Morgan fingerprint density at radius 2 is 2.10 bits per heavy atom. The number of nitrogens with two attached hydrogens (primary N) is 1. The van der Waals surface area contributed by atoms with E-state index in [-0.39, 0.29) is 16.4 Å². The molecule has 1 heterocycles. The van der Waals surface area contributed by atoms with Gasteiger partial charge in [0.2, 0.25) is 0 Å². The van der Waals surface area contributed by atoms with Crippen LogP contribution in [0.4, 0.5) is 4.39 Å². The molecule has 0 radical (unpaired) electrons. The number of sulfonamides is 1. The van der Waals surface area contributed by atoms with E-state index in [2.05, 4.69) is 10.2 Å². The fourth-order valence-electron chi connectivity index (χ4n) is 1.80. The molecule has 20 heavy (non-hydrogen) atoms. The van der Waals surface area contributed by atoms with Gasteiger partial charge in [-0.1, -0.05) is 24.6 Å². The number of hydrogen-bond acceptors (Lipinski definition) is 4. The fourth-order valence-corrected chi connectivity index (χ4v) is 2.61. The minimum atomic E-state index is -4.03. The summed E-state index contributed by atoms with van der Waals surface area (Å²) in [5.74, 6) is -0.601. The summed E-state index contributed by atoms with van der Waals surface area (Å²) in [5, 5.41) is 11.9. The van der Waals surface area contributed by atoms with E-state index < -0.39 is 21.0 Å². The third-order valence-electron chi connectivity index (χ3n) is 2.61. The van der Waals surface area contributed by atoms with Crippen LogP contribution in [0.1, 0.15) is 13.3 Å². The maximum atomic E-state index is 14.0. The van der Waals surface area contributed by atoms with Gasteiger partial charge in [0, 0.05) is 6.54 Å². The van der Waals surface area contributed by atoms with Crippen LogP contribution in [-0.2, 0) is 16.6 Å². The summed E-state index contributed by atoms with van der Waals surface area (Å²) in [4.78, 5) is 0. The Hall–Kier alpha value is -1.51. The highest BCUT2D eigenvalue weighted by molar-refractivity contribution is 7.89. The lowest BCUT2D eigenvalue weighted by molar-refractivity contribution is 0.558. The van der Waals surface area contributed by atoms with Crippen LogP contribution >= 0.6 is 11.6 Å². The first kappa shape index (κ1) is 14.9. The highest BCUT2D eigenvalue weighted by Gasteiger charge is 2.23. The Morgan fingerprint density at radius 3 is 2.70 bits per heavy atom. The fraction of sp³-hybridized carbons (Fsp3) is 0.273. The minimum absolute atomic E-state index is 0.0772. The molecule has 108 valence electrons. The van der Waals surface area contributed by atoms with Gasteiger partial charge in [0.15, 0.2) is 11.6 Å². The van der Waals surface area contributed by atoms with Gasteiger partial charge in [0.1, 0.15) is 0 Å². The molecule has 0 saturated heterocycles. The number of halogens is 2. The van der Waals surface area contributed by atoms with Crippen molar-refractivity contribution in [2.45, 2.75) is 25.0 Å². The van der Waals surface area contributed by atoms with Crippen molar-refractivity contribution >= 4 is 21.6 Å². The van der Waals surface area contributed by atoms with Gasteiger partial charge in [-0.2, -0.15) is 0 Å². The molecule has 0 bridgehead atoms. The van der Waals surface area contributed by atoms with Crippen molar-refractivity contribution in [1.82, 2.24) is 14.8 Å². The summed E-state index contributed by atoms with van der Waals surface area (Å²) in [6, 6.07) is 4.38. The van der Waals surface area contributed by atoms with Gasteiger partial charge in [-0.25, -0.2) is 17.9 Å². The summed E-state index contributed by atoms with van der Waals surface area (Å²) >= 11 is 5.71. The second-order valence-electron chi connectivity index (χ2n) is 4.10. The van der Waals surface area contributed by atoms with Crippen molar-refractivity contribution < 1.29 is 12.8 Å². The van der Waals surface area contributed by atoms with Gasteiger partial charge < -0.3 is 0 Å². The number of benzene rings is 1. The zero-order chi connectivity index (χ0) is 14.9. The van der Waals surface area contributed by atoms with Crippen molar-refractivity contribution in [1.29, 1.82) is 0 Å². The summed E-state index contributed by atoms with van der Waals surface area (Å²) < 4.78 is 38.2. The predicted octanol–water partition coefficient (Wildman–Crippen LogP) is 1.79. The average Bonchev–Trinajstić information content (AvgIpc) is 2.77. The monoisotopic (exact) mass is 318 g/mol. The van der Waals surface area contributed by atoms with Crippen molar-refractivity contribution in [3.63, 3.8) is 0 Å². The lowest BCUT2D eigenvalue weighted by Crippen LogP contribution is -2.19. The van der Waals surface area contributed by atoms with E-state index in [1.165, 1.54) is 16.7 Å². The lowest BCUT2D eigenvalue weighted by Gasteiger charge is -2.08. The zero-order valence-corrected chi connectivity index (χ0v) is 12.1. The number of nitrogens with zero attached hydrogens (tertiary/aromatic N) is 3. The molecular weight excluding hydrogens is 307 g/mol. The van der Waals surface area contributed by atoms with E-state index in [4.69, 9.17) is 16.7 Å². The first-order valence-electron chi connectivity index (χ1n) is 5.76. The molecule has 1 aromatic carbocycles. The Labute approximate surface area is 120 Å². The number of rotatable bonds is 4. The van der Waals surface area contributed by atoms with Crippen LogP contribution in [0, 0.1) is 5.82 Å². The van der Waals surface area contributed by atoms with Crippen molar-refractivity contribution in [3.05, 3.63) is 29.0 Å². The third kappa shape index (κ3) is 2.67. The third-order valence-corrected chi connectivity index (χ3v) is 3.71. The molecule has 2 rings (SSSR count). The van der Waals surface area contributed by atoms with Crippen LogP contribution in [0.15, 0.2) is 23.4 Å². The highest BCUT2D eigenvalue weighted by atomic mass is 35.5. The predicted molar refractivity (Wildman–Crippen MR) is 72.1 cm³/mol. The summed E-state index contributed by atoms with van der Waals surface area (Å²) in [6.45, 7) is 2.13. The van der Waals surface area contributed by atoms with Crippen LogP contribution in [0.3, 0.4) is 0 Å². The van der Waals surface area contributed by atoms with Gasteiger partial charge in [0.05, 0.1) is 10.6 Å². The first-order valence-corrected chi connectivity index (χ1v) is 7.69. The van der Waals surface area contributed by atoms with E-state index in [9.17, 15) is 12.8 Å². The topological polar surface area (TPSA) is 90.9 Å². The van der Waals surface area contributed by atoms with Crippen LogP contribution in [-0.4, -0.2) is 23.2 Å². The number of hydrogen-bond donors (Lipinski definition) is 1. The molecule has 2 aromatic rings. The van der Waals surface area contributed by atoms with E-state index >= 15 is 0 Å². The van der Waals surface area contributed by atoms with Gasteiger partial charge in [-0.15, -0.1) is 10.2 Å². The van der Waals surface area contributed by atoms with E-state index in [1.807, 2.05) is 6.92 Å². The second-order valence-corrected chi connectivity index (χ2v) is 5.97. The standard InChI is InChI=1S/C11H12ClFN4O2S/c1-2-6-17-10(15-16-11(17)20(14,18)19)7-4-3-5-8(12)9(7)13/h3-5H,2,6H2,1H3,(H2,14,18,19). The van der Waals surface area contributed by atoms with E-state index in [0.29, 0.717) is 13.0 Å². The molecule has 0 aliphatic rings. The molecule has 6 nitrogen and oxygen atoms in total. The number of primary sulfonamides is 1. The molecule has 1 aromatic heterocycles. The maximum Gasteiger partial charge on any atom is 0.273 e. The van der Waals surface area contributed by atoms with Gasteiger partial charge >= 0.3 is 0 Å². The minimum Gasteiger partial charge on any atom is -0.297 e. The highest BCUT2D eigenvalue weighted by Crippen LogP contribution is 2.27. The molecule has 0 saturated carbocycles. The molecule has 0 spiro atoms. The van der Waals surface area contributed by atoms with Crippen LogP contribution < -0.4 is 5.14 Å². The van der Waals surface area contributed by atoms with Crippen molar-refractivity contribution in [2.24, 2.45) is 5.14 Å². The van der Waals surface area contributed by atoms with Gasteiger partial charge in [-0.3, -0.25) is 4.57 Å². The normalized spacial score (nSPS) is 11.8. The van der Waals surface area contributed by atoms with Crippen molar-refractivity contribution in [2.75, 3.05) is 0 Å². The molecule has 0 fully saturated rings. The maximum absolute atomic E-state index is 14.0. The van der Waals surface area contributed by atoms with Crippen molar-refractivity contribution in [3.8, 4) is 11.4 Å². The Morgan fingerprint density at radius 1 is 1.40 bits per heavy atom. The molecule has 0 aliphatic heterocycles. The molecule has 0 aliphatic carbocycles. The molecular formula is C11H12ClFN4O2S. The van der Waals surface area contributed by atoms with Crippen LogP contribution in [0.5, 0.6) is 0 Å². The molecule has 0 atom stereocenters. The molecule has 9 heteroatoms. The molecule has 0 amide bonds. The smallest absolute Gasteiger partial charge is 0.273 e. The molecule has 0 unspecified atom stereocenters. The zero-order valence-electron chi connectivity index (χ0n) is 10.5. The summed E-state index contributed by atoms with van der Waals surface area (Å²) in [5.41, 5.74) is 0.0772. The van der Waals surface area contributed by atoms with Crippen LogP contribution in [0.25, 0.3) is 11.4 Å². The van der Waals surface area contributed by atoms with E-state index in [0.717, 1.165) is 0 Å². The number of aromatic nitrogens is 3. The Kier molecular flexibility index (Phi) is 4.07. The quantitative estimate of drug-likeness (QED) is 0.930. The second kappa shape index (κ2) is 5.47. The van der Waals surface area contributed by atoms with E-state index in [1.54, 1.807) is 6.07 Å². The Balaban J connectivity index is 2.69. The average molecular weight is 319 g/mol. The first-order chi connectivity index (χ1) is 9.36.